The zero-order valence-corrected chi connectivity index (χ0v) is 14.1. The molecule has 0 radical (unpaired) electrons. The van der Waals surface area contributed by atoms with E-state index in [2.05, 4.69) is 86.4 Å². The summed E-state index contributed by atoms with van der Waals surface area (Å²) in [5.41, 5.74) is 5.31. The molecular weight excluding hydrogens is 343 g/mol. The second-order valence-electron chi connectivity index (χ2n) is 4.60. The van der Waals surface area contributed by atoms with Crippen LogP contribution in [0.1, 0.15) is 31.4 Å². The van der Waals surface area contributed by atoms with E-state index in [0.29, 0.717) is 0 Å². The van der Waals surface area contributed by atoms with Gasteiger partial charge < -0.3 is 0 Å². The van der Waals surface area contributed by atoms with E-state index in [-0.39, 0.29) is 0 Å². The molecule has 0 saturated carbocycles. The van der Waals surface area contributed by atoms with E-state index in [4.69, 9.17) is 0 Å². The van der Waals surface area contributed by atoms with Gasteiger partial charge in [0.05, 0.1) is 0 Å². The van der Waals surface area contributed by atoms with Crippen molar-refractivity contribution in [3.63, 3.8) is 0 Å². The first-order chi connectivity index (χ1) is 9.08. The maximum Gasteiger partial charge on any atom is 0.0195 e. The number of aryl methyl sites for hydroxylation is 1. The van der Waals surface area contributed by atoms with Crippen LogP contribution in [0.2, 0.25) is 0 Å². The summed E-state index contributed by atoms with van der Waals surface area (Å²) < 4.78 is 1.34. The number of rotatable bonds is 5. The van der Waals surface area contributed by atoms with Gasteiger partial charge in [0, 0.05) is 3.58 Å². The molecule has 0 unspecified atom stereocenters. The highest BCUT2D eigenvalue weighted by atomic mass is 127. The van der Waals surface area contributed by atoms with Crippen LogP contribution in [0.15, 0.2) is 66.3 Å². The van der Waals surface area contributed by atoms with Crippen LogP contribution in [0.4, 0.5) is 0 Å². The minimum absolute atomic E-state index is 0.979. The Morgan fingerprint density at radius 2 is 1.89 bits per heavy atom. The monoisotopic (exact) mass is 364 g/mol. The van der Waals surface area contributed by atoms with Crippen molar-refractivity contribution < 1.29 is 0 Å². The van der Waals surface area contributed by atoms with E-state index in [1.807, 2.05) is 12.2 Å². The van der Waals surface area contributed by atoms with Gasteiger partial charge in [0.1, 0.15) is 0 Å². The SMILES string of the molecule is C=C/C=C\C(=C/C)C/C(C)=C(/I)c1ccc(C)cc1. The van der Waals surface area contributed by atoms with Gasteiger partial charge in [-0.1, -0.05) is 66.3 Å². The van der Waals surface area contributed by atoms with E-state index in [9.17, 15) is 0 Å². The molecule has 0 aliphatic carbocycles. The van der Waals surface area contributed by atoms with Crippen LogP contribution in [0.25, 0.3) is 3.58 Å². The molecule has 0 saturated heterocycles. The molecule has 0 bridgehead atoms. The van der Waals surface area contributed by atoms with Crippen LogP contribution in [-0.4, -0.2) is 0 Å². The summed E-state index contributed by atoms with van der Waals surface area (Å²) in [5, 5.41) is 0. The second-order valence-corrected chi connectivity index (χ2v) is 5.67. The molecule has 0 aliphatic heterocycles. The minimum atomic E-state index is 0.979. The average molecular weight is 364 g/mol. The van der Waals surface area contributed by atoms with Gasteiger partial charge in [-0.3, -0.25) is 0 Å². The Hall–Kier alpha value is -1.09. The van der Waals surface area contributed by atoms with E-state index < -0.39 is 0 Å². The van der Waals surface area contributed by atoms with Crippen LogP contribution in [0.3, 0.4) is 0 Å². The molecule has 0 spiro atoms. The first-order valence-corrected chi connectivity index (χ1v) is 7.53. The molecule has 0 aliphatic rings. The standard InChI is InChI=1S/C18H21I/c1-5-7-8-16(6-2)13-15(4)18(19)17-11-9-14(3)10-12-17/h5-12H,1,13H2,2-4H3/b8-7-,16-6+,18-15+. The van der Waals surface area contributed by atoms with Gasteiger partial charge in [-0.2, -0.15) is 0 Å². The third-order valence-corrected chi connectivity index (χ3v) is 4.51. The summed E-state index contributed by atoms with van der Waals surface area (Å²) in [6, 6.07) is 8.70. The van der Waals surface area contributed by atoms with E-state index in [1.165, 1.54) is 25.9 Å². The largest absolute Gasteiger partial charge is 0.0991 e. The van der Waals surface area contributed by atoms with Gasteiger partial charge in [0.25, 0.3) is 0 Å². The van der Waals surface area contributed by atoms with Gasteiger partial charge >= 0.3 is 0 Å². The molecule has 0 heterocycles. The summed E-state index contributed by atoms with van der Waals surface area (Å²) in [6.07, 6.45) is 9.06. The third kappa shape index (κ3) is 5.19. The third-order valence-electron chi connectivity index (χ3n) is 2.97. The molecule has 0 amide bonds. The zero-order valence-electron chi connectivity index (χ0n) is 11.9. The highest BCUT2D eigenvalue weighted by Gasteiger charge is 2.03. The molecule has 1 rings (SSSR count). The quantitative estimate of drug-likeness (QED) is 0.429. The predicted octanol–water partition coefficient (Wildman–Crippen LogP) is 6.24. The molecule has 0 aromatic heterocycles. The molecule has 1 aromatic rings. The van der Waals surface area contributed by atoms with Crippen molar-refractivity contribution in [1.82, 2.24) is 0 Å². The Balaban J connectivity index is 2.93. The minimum Gasteiger partial charge on any atom is -0.0991 e. The second kappa shape index (κ2) is 8.16. The first-order valence-electron chi connectivity index (χ1n) is 6.45. The van der Waals surface area contributed by atoms with E-state index in [1.54, 1.807) is 0 Å². The fourth-order valence-electron chi connectivity index (χ4n) is 1.78. The molecule has 100 valence electrons. The molecule has 19 heavy (non-hydrogen) atoms. The lowest BCUT2D eigenvalue weighted by Gasteiger charge is -2.08. The summed E-state index contributed by atoms with van der Waals surface area (Å²) in [4.78, 5) is 0. The lowest BCUT2D eigenvalue weighted by molar-refractivity contribution is 1.16. The maximum absolute atomic E-state index is 3.71. The Labute approximate surface area is 130 Å². The summed E-state index contributed by atoms with van der Waals surface area (Å²) in [6.45, 7) is 10.1. The molecule has 1 heteroatoms. The number of allylic oxidation sites excluding steroid dienone is 6. The molecular formula is C18H21I. The van der Waals surface area contributed by atoms with Crippen molar-refractivity contribution in [1.29, 1.82) is 0 Å². The van der Waals surface area contributed by atoms with Crippen molar-refractivity contribution in [2.45, 2.75) is 27.2 Å². The van der Waals surface area contributed by atoms with Gasteiger partial charge in [0.2, 0.25) is 0 Å². The lowest BCUT2D eigenvalue weighted by Crippen LogP contribution is -1.86. The van der Waals surface area contributed by atoms with Gasteiger partial charge in [-0.15, -0.1) is 0 Å². The van der Waals surface area contributed by atoms with Gasteiger partial charge in [0.15, 0.2) is 0 Å². The molecule has 0 fully saturated rings. The summed E-state index contributed by atoms with van der Waals surface area (Å²) in [5.74, 6) is 0. The fourth-order valence-corrected chi connectivity index (χ4v) is 2.33. The Bertz CT molecular complexity index is 513. The average Bonchev–Trinajstić information content (AvgIpc) is 2.43. The van der Waals surface area contributed by atoms with Gasteiger partial charge in [-0.05, 0) is 60.9 Å². The van der Waals surface area contributed by atoms with Crippen LogP contribution in [0.5, 0.6) is 0 Å². The van der Waals surface area contributed by atoms with Gasteiger partial charge in [-0.25, -0.2) is 0 Å². The normalized spacial score (nSPS) is 13.6. The van der Waals surface area contributed by atoms with E-state index in [0.717, 1.165) is 6.42 Å². The number of hydrogen-bond acceptors (Lipinski definition) is 0. The number of halogens is 1. The van der Waals surface area contributed by atoms with Crippen molar-refractivity contribution in [2.75, 3.05) is 0 Å². The van der Waals surface area contributed by atoms with Crippen molar-refractivity contribution in [3.05, 3.63) is 77.4 Å². The zero-order chi connectivity index (χ0) is 14.3. The number of benzene rings is 1. The Morgan fingerprint density at radius 3 is 2.42 bits per heavy atom. The Kier molecular flexibility index (Phi) is 6.85. The van der Waals surface area contributed by atoms with Crippen LogP contribution in [0, 0.1) is 6.92 Å². The summed E-state index contributed by atoms with van der Waals surface area (Å²) in [7, 11) is 0. The predicted molar refractivity (Wildman–Crippen MR) is 95.5 cm³/mol. The highest BCUT2D eigenvalue weighted by molar-refractivity contribution is 14.1. The smallest absolute Gasteiger partial charge is 0.0195 e. The molecule has 0 nitrogen and oxygen atoms in total. The van der Waals surface area contributed by atoms with Crippen molar-refractivity contribution in [3.8, 4) is 0 Å². The molecule has 1 aromatic carbocycles. The Morgan fingerprint density at radius 1 is 1.26 bits per heavy atom. The van der Waals surface area contributed by atoms with E-state index >= 15 is 0 Å². The van der Waals surface area contributed by atoms with Crippen molar-refractivity contribution in [2.24, 2.45) is 0 Å². The summed E-state index contributed by atoms with van der Waals surface area (Å²) >= 11 is 2.44. The van der Waals surface area contributed by atoms with Crippen molar-refractivity contribution >= 4 is 26.2 Å². The maximum atomic E-state index is 3.71. The van der Waals surface area contributed by atoms with Crippen LogP contribution < -0.4 is 0 Å². The molecule has 0 atom stereocenters. The topological polar surface area (TPSA) is 0 Å². The fraction of sp³-hybridized carbons (Fsp3) is 0.222. The molecule has 0 N–H and O–H groups in total. The van der Waals surface area contributed by atoms with Crippen LogP contribution >= 0.6 is 22.6 Å². The first kappa shape index (κ1) is 16.0. The highest BCUT2D eigenvalue weighted by Crippen LogP contribution is 2.29. The van der Waals surface area contributed by atoms with Crippen LogP contribution in [-0.2, 0) is 0 Å². The number of hydrogen-bond donors (Lipinski definition) is 0. The lowest BCUT2D eigenvalue weighted by atomic mass is 10.0.